The molecule has 2 atom stereocenters. The van der Waals surface area contributed by atoms with Crippen LogP contribution in [-0.4, -0.2) is 99.4 Å². The summed E-state index contributed by atoms with van der Waals surface area (Å²) in [5.74, 6) is -2.63. The number of carboxylic acids is 1. The van der Waals surface area contributed by atoms with E-state index in [1.165, 1.54) is 56.1 Å². The number of carbonyl (C=O) groups is 4. The molecule has 2 N–H and O–H groups in total. The number of esters is 1. The highest BCUT2D eigenvalue weighted by molar-refractivity contribution is 8.01. The van der Waals surface area contributed by atoms with E-state index in [2.05, 4.69) is 30.8 Å². The number of hydrogen-bond donors (Lipinski definition) is 2. The molecule has 2 amide bonds. The molecule has 42 heavy (non-hydrogen) atoms. The number of aromatic nitrogens is 5. The van der Waals surface area contributed by atoms with Gasteiger partial charge in [0.25, 0.3) is 11.8 Å². The van der Waals surface area contributed by atoms with E-state index in [1.54, 1.807) is 38.3 Å². The number of nitrogens with zero attached hydrogens (tertiary/aromatic N) is 7. The molecule has 1 saturated heterocycles. The van der Waals surface area contributed by atoms with E-state index < -0.39 is 47.4 Å². The van der Waals surface area contributed by atoms with Crippen LogP contribution in [0.1, 0.15) is 26.5 Å². The van der Waals surface area contributed by atoms with Crippen molar-refractivity contribution in [2.24, 2.45) is 5.16 Å². The normalized spacial score (nSPS) is 18.9. The van der Waals surface area contributed by atoms with Crippen LogP contribution in [0.5, 0.6) is 0 Å². The second-order valence-corrected chi connectivity index (χ2v) is 12.7. The molecule has 0 spiro atoms. The minimum atomic E-state index is -1.24. The molecule has 0 aliphatic carbocycles. The van der Waals surface area contributed by atoms with Gasteiger partial charge in [0.05, 0.1) is 5.51 Å². The van der Waals surface area contributed by atoms with Gasteiger partial charge in [-0.1, -0.05) is 5.16 Å². The largest absolute Gasteiger partial charge is 0.477 e. The maximum Gasteiger partial charge on any atom is 0.352 e. The van der Waals surface area contributed by atoms with Crippen molar-refractivity contribution in [3.63, 3.8) is 0 Å². The SMILES string of the molecule is CC(C)(C)OC(=O)CON=C(C(=O)NC1C(=O)N2C(C(=O)O)=C(CSc3ccc4nncn4n3)CS[C@@H]12)c1cscn1. The quantitative estimate of drug-likeness (QED) is 0.107. The van der Waals surface area contributed by atoms with Crippen molar-refractivity contribution in [1.29, 1.82) is 0 Å². The first kappa shape index (κ1) is 29.5. The number of hydrogen-bond acceptors (Lipinski definition) is 14. The van der Waals surface area contributed by atoms with Crippen LogP contribution < -0.4 is 5.32 Å². The zero-order chi connectivity index (χ0) is 30.0. The number of thiazole rings is 1. The number of amides is 2. The molecule has 5 heterocycles. The first-order chi connectivity index (χ1) is 20.0. The first-order valence-corrected chi connectivity index (χ1v) is 15.3. The standard InChI is InChI=1S/C24H24N8O7S3/c1-24(2,3)39-16(33)6-38-30-17(13-9-40-11-25-13)20(34)27-18-21(35)32-19(23(36)37)12(8-42-22(18)32)7-41-15-5-4-14-28-26-10-31(14)29-15/h4-5,9-11,18,22H,6-8H2,1-3H3,(H,27,34)(H,36,37)/t18?,22-/m0/s1. The Morgan fingerprint density at radius 1 is 1.29 bits per heavy atom. The van der Waals surface area contributed by atoms with Crippen LogP contribution in [-0.2, 0) is 28.8 Å². The van der Waals surface area contributed by atoms with Crippen molar-refractivity contribution in [3.8, 4) is 0 Å². The molecule has 0 aromatic carbocycles. The lowest BCUT2D eigenvalue weighted by atomic mass is 10.0. The Hall–Kier alpha value is -4.03. The Labute approximate surface area is 250 Å². The van der Waals surface area contributed by atoms with Gasteiger partial charge < -0.3 is 20.0 Å². The van der Waals surface area contributed by atoms with E-state index in [0.717, 1.165) is 0 Å². The highest BCUT2D eigenvalue weighted by Gasteiger charge is 2.54. The Balaban J connectivity index is 1.26. The Kier molecular flexibility index (Phi) is 8.46. The third-order valence-electron chi connectivity index (χ3n) is 5.72. The van der Waals surface area contributed by atoms with Crippen molar-refractivity contribution < 1.29 is 33.9 Å². The van der Waals surface area contributed by atoms with E-state index in [9.17, 15) is 24.3 Å². The summed E-state index contributed by atoms with van der Waals surface area (Å²) in [6, 6.07) is 2.50. The van der Waals surface area contributed by atoms with Gasteiger partial charge in [-0.3, -0.25) is 14.5 Å². The monoisotopic (exact) mass is 632 g/mol. The molecular weight excluding hydrogens is 609 g/mol. The minimum absolute atomic E-state index is 0.110. The van der Waals surface area contributed by atoms with Gasteiger partial charge >= 0.3 is 11.9 Å². The predicted molar refractivity (Wildman–Crippen MR) is 152 cm³/mol. The van der Waals surface area contributed by atoms with Gasteiger partial charge in [-0.05, 0) is 38.5 Å². The molecule has 5 rings (SSSR count). The van der Waals surface area contributed by atoms with Crippen LogP contribution in [0.4, 0.5) is 0 Å². The second-order valence-electron chi connectivity index (χ2n) is 9.89. The molecule has 15 nitrogen and oxygen atoms in total. The fraction of sp³-hybridized carbons (Fsp3) is 0.375. The minimum Gasteiger partial charge on any atom is -0.477 e. The van der Waals surface area contributed by atoms with Crippen LogP contribution in [0.2, 0.25) is 0 Å². The molecule has 1 fully saturated rings. The third-order valence-corrected chi connectivity index (χ3v) is 8.65. The van der Waals surface area contributed by atoms with Crippen molar-refractivity contribution in [3.05, 3.63) is 46.3 Å². The topological polar surface area (TPSA) is 191 Å². The molecule has 2 aliphatic heterocycles. The van der Waals surface area contributed by atoms with E-state index >= 15 is 0 Å². The number of nitrogens with one attached hydrogen (secondary N) is 1. The van der Waals surface area contributed by atoms with Gasteiger partial charge in [0.1, 0.15) is 39.8 Å². The van der Waals surface area contributed by atoms with E-state index in [0.29, 0.717) is 27.8 Å². The molecule has 3 aromatic rings. The Morgan fingerprint density at radius 3 is 2.81 bits per heavy atom. The smallest absolute Gasteiger partial charge is 0.352 e. The maximum atomic E-state index is 13.2. The number of oxime groups is 1. The lowest BCUT2D eigenvalue weighted by Gasteiger charge is -2.49. The number of rotatable bonds is 10. The summed E-state index contributed by atoms with van der Waals surface area (Å²) in [5, 5.41) is 30.0. The summed E-state index contributed by atoms with van der Waals surface area (Å²) in [5.41, 5.74) is 1.74. The van der Waals surface area contributed by atoms with E-state index in [4.69, 9.17) is 9.57 Å². The Bertz CT molecular complexity index is 1600. The van der Waals surface area contributed by atoms with Gasteiger partial charge in [-0.15, -0.1) is 45.1 Å². The van der Waals surface area contributed by atoms with Crippen molar-refractivity contribution >= 4 is 70.0 Å². The van der Waals surface area contributed by atoms with Crippen LogP contribution in [0.25, 0.3) is 5.65 Å². The molecule has 18 heteroatoms. The number of carbonyl (C=O) groups excluding carboxylic acids is 3. The summed E-state index contributed by atoms with van der Waals surface area (Å²) >= 11 is 3.87. The number of fused-ring (bicyclic) bond motifs is 2. The zero-order valence-electron chi connectivity index (χ0n) is 22.4. The number of carboxylic acid groups (broad SMARTS) is 1. The maximum absolute atomic E-state index is 13.2. The highest BCUT2D eigenvalue weighted by atomic mass is 32.2. The van der Waals surface area contributed by atoms with Crippen LogP contribution >= 0.6 is 34.9 Å². The average molecular weight is 633 g/mol. The van der Waals surface area contributed by atoms with Gasteiger partial charge in [-0.25, -0.2) is 14.6 Å². The van der Waals surface area contributed by atoms with Crippen molar-refractivity contribution in [1.82, 2.24) is 35.0 Å². The average Bonchev–Trinajstić information content (AvgIpc) is 3.63. The summed E-state index contributed by atoms with van der Waals surface area (Å²) in [6.07, 6.45) is 1.47. The lowest BCUT2D eigenvalue weighted by molar-refractivity contribution is -0.160. The molecular formula is C24H24N8O7S3. The van der Waals surface area contributed by atoms with Gasteiger partial charge in [-0.2, -0.15) is 9.61 Å². The number of thioether (sulfide) groups is 2. The van der Waals surface area contributed by atoms with Gasteiger partial charge in [0.15, 0.2) is 11.4 Å². The van der Waals surface area contributed by atoms with Gasteiger partial charge in [0.2, 0.25) is 6.61 Å². The van der Waals surface area contributed by atoms with Crippen molar-refractivity contribution in [2.75, 3.05) is 18.1 Å². The summed E-state index contributed by atoms with van der Waals surface area (Å²) in [6.45, 7) is 4.57. The summed E-state index contributed by atoms with van der Waals surface area (Å²) in [7, 11) is 0. The van der Waals surface area contributed by atoms with E-state index in [1.807, 2.05) is 0 Å². The highest BCUT2D eigenvalue weighted by Crippen LogP contribution is 2.41. The Morgan fingerprint density at radius 2 is 2.10 bits per heavy atom. The summed E-state index contributed by atoms with van der Waals surface area (Å²) in [4.78, 5) is 60.9. The lowest BCUT2D eigenvalue weighted by Crippen LogP contribution is -2.71. The fourth-order valence-electron chi connectivity index (χ4n) is 4.01. The molecule has 220 valence electrons. The zero-order valence-corrected chi connectivity index (χ0v) is 24.9. The first-order valence-electron chi connectivity index (χ1n) is 12.3. The predicted octanol–water partition coefficient (Wildman–Crippen LogP) is 1.17. The van der Waals surface area contributed by atoms with Crippen molar-refractivity contribution in [2.45, 2.75) is 42.8 Å². The van der Waals surface area contributed by atoms with Crippen LogP contribution in [0, 0.1) is 0 Å². The molecule has 2 aliphatic rings. The molecule has 0 bridgehead atoms. The summed E-state index contributed by atoms with van der Waals surface area (Å²) < 4.78 is 6.68. The number of β-lactam (4-membered cyclic amide) rings is 1. The molecule has 0 radical (unpaired) electrons. The van der Waals surface area contributed by atoms with Crippen LogP contribution in [0.15, 0.2) is 50.8 Å². The molecule has 1 unspecified atom stereocenters. The van der Waals surface area contributed by atoms with Crippen LogP contribution in [0.3, 0.4) is 0 Å². The second kappa shape index (κ2) is 12.1. The van der Waals surface area contributed by atoms with E-state index in [-0.39, 0.29) is 17.1 Å². The molecule has 3 aromatic heterocycles. The fourth-order valence-corrected chi connectivity index (χ4v) is 6.89. The number of ether oxygens (including phenoxy) is 1. The van der Waals surface area contributed by atoms with Gasteiger partial charge in [0, 0.05) is 16.9 Å². The molecule has 0 saturated carbocycles. The third kappa shape index (κ3) is 6.39. The number of aliphatic carboxylic acids is 1.